The van der Waals surface area contributed by atoms with Gasteiger partial charge in [0, 0.05) is 5.56 Å². The Hall–Kier alpha value is -1.87. The minimum atomic E-state index is -0.216. The molecule has 1 N–H and O–H groups in total. The molecule has 3 heteroatoms. The van der Waals surface area contributed by atoms with Gasteiger partial charge in [0.25, 0.3) is 0 Å². The van der Waals surface area contributed by atoms with Crippen molar-refractivity contribution in [1.29, 1.82) is 0 Å². The molecule has 102 valence electrons. The number of halogens is 1. The molecule has 2 rings (SSSR count). The van der Waals surface area contributed by atoms with E-state index in [1.807, 2.05) is 14.1 Å². The minimum absolute atomic E-state index is 0.216. The van der Waals surface area contributed by atoms with Gasteiger partial charge in [-0.2, -0.15) is 0 Å². The van der Waals surface area contributed by atoms with E-state index in [1.165, 1.54) is 6.07 Å². The summed E-state index contributed by atoms with van der Waals surface area (Å²) in [5.41, 5.74) is 1.59. The monoisotopic (exact) mass is 261 g/mol. The van der Waals surface area contributed by atoms with Crippen LogP contribution >= 0.6 is 0 Å². The lowest BCUT2D eigenvalue weighted by molar-refractivity contribution is 0.435. The molecule has 0 aromatic heterocycles. The third kappa shape index (κ3) is 3.80. The first-order valence-corrected chi connectivity index (χ1v) is 6.19. The number of hydrogen-bond donors (Lipinski definition) is 1. The normalized spacial score (nSPS) is 13.4. The second-order valence-corrected chi connectivity index (χ2v) is 4.12. The summed E-state index contributed by atoms with van der Waals surface area (Å²) < 4.78 is 19.2. The summed E-state index contributed by atoms with van der Waals surface area (Å²) >= 11 is 0. The average Bonchev–Trinajstić information content (AvgIpc) is 2.59. The van der Waals surface area contributed by atoms with Crippen LogP contribution in [-0.2, 0) is 6.42 Å². The topological polar surface area (TPSA) is 21.3 Å². The molecule has 0 saturated carbocycles. The molecular formula is C16H20FNO. The fraction of sp³-hybridized carbons (Fsp3) is 0.250. The molecule has 2 nitrogen and oxygen atoms in total. The van der Waals surface area contributed by atoms with Crippen molar-refractivity contribution in [3.8, 4) is 5.75 Å². The van der Waals surface area contributed by atoms with Crippen molar-refractivity contribution in [2.75, 3.05) is 14.1 Å². The maximum absolute atomic E-state index is 13.6. The fourth-order valence-corrected chi connectivity index (χ4v) is 1.82. The molecular weight excluding hydrogens is 241 g/mol. The van der Waals surface area contributed by atoms with Crippen LogP contribution in [0.25, 0.3) is 0 Å². The Bertz CT molecular complexity index is 492. The molecule has 0 amide bonds. The van der Waals surface area contributed by atoms with Crippen molar-refractivity contribution in [2.24, 2.45) is 0 Å². The van der Waals surface area contributed by atoms with E-state index in [-0.39, 0.29) is 5.82 Å². The highest BCUT2D eigenvalue weighted by molar-refractivity contribution is 5.42. The van der Waals surface area contributed by atoms with Crippen molar-refractivity contribution in [3.63, 3.8) is 0 Å². The zero-order valence-electron chi connectivity index (χ0n) is 11.5. The SMILES string of the molecule is C=CC1=C(C=C)Oc2cccc(F)c2CC1.CNC. The van der Waals surface area contributed by atoms with Crippen molar-refractivity contribution >= 4 is 0 Å². The largest absolute Gasteiger partial charge is 0.457 e. The van der Waals surface area contributed by atoms with E-state index in [0.717, 1.165) is 12.0 Å². The predicted molar refractivity (Wildman–Crippen MR) is 77.8 cm³/mol. The summed E-state index contributed by atoms with van der Waals surface area (Å²) in [6.45, 7) is 7.43. The summed E-state index contributed by atoms with van der Waals surface area (Å²) in [5.74, 6) is 1.03. The smallest absolute Gasteiger partial charge is 0.133 e. The van der Waals surface area contributed by atoms with Crippen LogP contribution in [0.3, 0.4) is 0 Å². The van der Waals surface area contributed by atoms with Gasteiger partial charge in [-0.25, -0.2) is 4.39 Å². The van der Waals surface area contributed by atoms with Gasteiger partial charge >= 0.3 is 0 Å². The van der Waals surface area contributed by atoms with Crippen LogP contribution in [0.1, 0.15) is 12.0 Å². The van der Waals surface area contributed by atoms with Crippen molar-refractivity contribution in [1.82, 2.24) is 5.32 Å². The zero-order chi connectivity index (χ0) is 14.3. The fourth-order valence-electron chi connectivity index (χ4n) is 1.82. The second-order valence-electron chi connectivity index (χ2n) is 4.12. The van der Waals surface area contributed by atoms with Crippen LogP contribution in [-0.4, -0.2) is 14.1 Å². The van der Waals surface area contributed by atoms with Crippen molar-refractivity contribution < 1.29 is 9.13 Å². The van der Waals surface area contributed by atoms with Gasteiger partial charge in [-0.15, -0.1) is 0 Å². The Morgan fingerprint density at radius 1 is 1.21 bits per heavy atom. The van der Waals surface area contributed by atoms with E-state index in [1.54, 1.807) is 24.3 Å². The molecule has 19 heavy (non-hydrogen) atoms. The van der Waals surface area contributed by atoms with E-state index in [0.29, 0.717) is 23.5 Å². The third-order valence-corrected chi connectivity index (χ3v) is 2.69. The first-order valence-electron chi connectivity index (χ1n) is 6.19. The number of allylic oxidation sites excluding steroid dienone is 3. The van der Waals surface area contributed by atoms with E-state index in [9.17, 15) is 4.39 Å². The van der Waals surface area contributed by atoms with Crippen LogP contribution in [0.15, 0.2) is 54.8 Å². The Balaban J connectivity index is 0.000000550. The molecule has 0 aliphatic carbocycles. The number of fused-ring (bicyclic) bond motifs is 1. The summed E-state index contributed by atoms with van der Waals surface area (Å²) in [6, 6.07) is 4.87. The summed E-state index contributed by atoms with van der Waals surface area (Å²) in [7, 11) is 3.75. The molecule has 1 aliphatic rings. The lowest BCUT2D eigenvalue weighted by Gasteiger charge is -2.08. The molecule has 1 aromatic rings. The Kier molecular flexibility index (Phi) is 6.03. The van der Waals surface area contributed by atoms with Crippen LogP contribution in [0.2, 0.25) is 0 Å². The van der Waals surface area contributed by atoms with Gasteiger partial charge in [-0.05, 0) is 50.7 Å². The van der Waals surface area contributed by atoms with E-state index >= 15 is 0 Å². The summed E-state index contributed by atoms with van der Waals surface area (Å²) in [4.78, 5) is 0. The van der Waals surface area contributed by atoms with Crippen LogP contribution in [0.4, 0.5) is 4.39 Å². The number of rotatable bonds is 2. The molecule has 1 aliphatic heterocycles. The minimum Gasteiger partial charge on any atom is -0.457 e. The van der Waals surface area contributed by atoms with Crippen LogP contribution in [0.5, 0.6) is 5.75 Å². The number of nitrogens with one attached hydrogen (secondary N) is 1. The maximum Gasteiger partial charge on any atom is 0.133 e. The quantitative estimate of drug-likeness (QED) is 0.878. The first-order chi connectivity index (χ1) is 9.17. The molecule has 0 fully saturated rings. The van der Waals surface area contributed by atoms with Crippen LogP contribution in [0, 0.1) is 5.82 Å². The number of benzene rings is 1. The molecule has 0 atom stereocenters. The van der Waals surface area contributed by atoms with Gasteiger partial charge in [0.1, 0.15) is 17.3 Å². The molecule has 0 radical (unpaired) electrons. The van der Waals surface area contributed by atoms with Crippen molar-refractivity contribution in [3.05, 3.63) is 66.2 Å². The van der Waals surface area contributed by atoms with Crippen molar-refractivity contribution in [2.45, 2.75) is 12.8 Å². The van der Waals surface area contributed by atoms with E-state index in [2.05, 4.69) is 18.5 Å². The highest BCUT2D eigenvalue weighted by Gasteiger charge is 2.16. The van der Waals surface area contributed by atoms with E-state index in [4.69, 9.17) is 4.74 Å². The standard InChI is InChI=1S/C14H13FO.C2H7N/c1-3-10-8-9-11-12(15)6-5-7-14(11)16-13(10)4-2;1-3-2/h3-7H,1-2,8-9H2;3H,1-2H3. The van der Waals surface area contributed by atoms with Gasteiger partial charge in [-0.1, -0.05) is 25.3 Å². The number of ether oxygens (including phenoxy) is 1. The molecule has 0 bridgehead atoms. The Labute approximate surface area is 114 Å². The lowest BCUT2D eigenvalue weighted by atomic mass is 10.0. The summed E-state index contributed by atoms with van der Waals surface area (Å²) in [5, 5.41) is 2.75. The molecule has 1 aromatic carbocycles. The Morgan fingerprint density at radius 2 is 1.89 bits per heavy atom. The molecule has 0 saturated heterocycles. The van der Waals surface area contributed by atoms with Gasteiger partial charge in [0.15, 0.2) is 0 Å². The molecule has 1 heterocycles. The van der Waals surface area contributed by atoms with Crippen LogP contribution < -0.4 is 10.1 Å². The highest BCUT2D eigenvalue weighted by Crippen LogP contribution is 2.31. The molecule has 0 spiro atoms. The second kappa shape index (κ2) is 7.54. The highest BCUT2D eigenvalue weighted by atomic mass is 19.1. The predicted octanol–water partition coefficient (Wildman–Crippen LogP) is 3.61. The molecule has 0 unspecified atom stereocenters. The van der Waals surface area contributed by atoms with E-state index < -0.39 is 0 Å². The lowest BCUT2D eigenvalue weighted by Crippen LogP contribution is -1.95. The number of hydrogen-bond acceptors (Lipinski definition) is 2. The van der Waals surface area contributed by atoms with Gasteiger partial charge < -0.3 is 10.1 Å². The maximum atomic E-state index is 13.6. The first kappa shape index (κ1) is 15.2. The average molecular weight is 261 g/mol. The van der Waals surface area contributed by atoms with Gasteiger partial charge in [-0.3, -0.25) is 0 Å². The summed E-state index contributed by atoms with van der Waals surface area (Å²) in [6.07, 6.45) is 4.72. The van der Waals surface area contributed by atoms with Gasteiger partial charge in [0.2, 0.25) is 0 Å². The van der Waals surface area contributed by atoms with Gasteiger partial charge in [0.05, 0.1) is 0 Å². The Morgan fingerprint density at radius 3 is 2.47 bits per heavy atom. The third-order valence-electron chi connectivity index (χ3n) is 2.69. The zero-order valence-corrected chi connectivity index (χ0v) is 11.5.